The highest BCUT2D eigenvalue weighted by molar-refractivity contribution is 4.48. The number of aliphatic hydroxyl groups is 2. The van der Waals surface area contributed by atoms with Crippen LogP contribution in [-0.2, 0) is 4.84 Å². The number of hydrogen-bond donors (Lipinski definition) is 3. The molecule has 0 aliphatic carbocycles. The molecule has 0 heterocycles. The van der Waals surface area contributed by atoms with E-state index in [9.17, 15) is 0 Å². The summed E-state index contributed by atoms with van der Waals surface area (Å²) in [6, 6.07) is 0.228. The monoisotopic (exact) mass is 149 g/mol. The predicted molar refractivity (Wildman–Crippen MR) is 37.3 cm³/mol. The van der Waals surface area contributed by atoms with Crippen LogP contribution in [0, 0.1) is 0 Å². The minimum absolute atomic E-state index is 0.120. The van der Waals surface area contributed by atoms with Crippen molar-refractivity contribution >= 4 is 0 Å². The zero-order chi connectivity index (χ0) is 7.98. The molecule has 0 rings (SSSR count). The summed E-state index contributed by atoms with van der Waals surface area (Å²) in [5.74, 6) is 0. The maximum absolute atomic E-state index is 8.76. The van der Waals surface area contributed by atoms with Crippen molar-refractivity contribution in [2.45, 2.75) is 26.0 Å². The molecular weight excluding hydrogens is 134 g/mol. The number of rotatable bonds is 5. The van der Waals surface area contributed by atoms with E-state index in [-0.39, 0.29) is 19.3 Å². The smallest absolute Gasteiger partial charge is 0.102 e. The van der Waals surface area contributed by atoms with Crippen LogP contribution in [0.4, 0.5) is 0 Å². The summed E-state index contributed by atoms with van der Waals surface area (Å²) in [5, 5.41) is 17.1. The Morgan fingerprint density at radius 1 is 1.50 bits per heavy atom. The van der Waals surface area contributed by atoms with Crippen LogP contribution in [0.2, 0.25) is 0 Å². The summed E-state index contributed by atoms with van der Waals surface area (Å²) in [6.07, 6.45) is -0.786. The summed E-state index contributed by atoms with van der Waals surface area (Å²) >= 11 is 0. The Labute approximate surface area is 60.8 Å². The first-order valence-corrected chi connectivity index (χ1v) is 3.33. The molecule has 0 unspecified atom stereocenters. The lowest BCUT2D eigenvalue weighted by atomic mass is 10.4. The third-order valence-corrected chi connectivity index (χ3v) is 0.806. The van der Waals surface area contributed by atoms with Gasteiger partial charge in [0.1, 0.15) is 6.10 Å². The van der Waals surface area contributed by atoms with Crippen LogP contribution in [-0.4, -0.2) is 35.6 Å². The van der Waals surface area contributed by atoms with E-state index in [0.717, 1.165) is 0 Å². The van der Waals surface area contributed by atoms with Gasteiger partial charge in [-0.05, 0) is 13.8 Å². The molecule has 4 heteroatoms. The Morgan fingerprint density at radius 3 is 2.50 bits per heavy atom. The van der Waals surface area contributed by atoms with Gasteiger partial charge in [0, 0.05) is 6.04 Å². The molecule has 0 saturated heterocycles. The maximum atomic E-state index is 8.76. The van der Waals surface area contributed by atoms with Crippen LogP contribution >= 0.6 is 0 Å². The fourth-order valence-corrected chi connectivity index (χ4v) is 0.364. The largest absolute Gasteiger partial charge is 0.394 e. The molecule has 0 aromatic carbocycles. The zero-order valence-corrected chi connectivity index (χ0v) is 6.37. The van der Waals surface area contributed by atoms with Crippen molar-refractivity contribution in [2.24, 2.45) is 0 Å². The van der Waals surface area contributed by atoms with Gasteiger partial charge in [0.15, 0.2) is 0 Å². The number of aliphatic hydroxyl groups excluding tert-OH is 2. The summed E-state index contributed by atoms with van der Waals surface area (Å²) in [5.41, 5.74) is 2.64. The van der Waals surface area contributed by atoms with Crippen LogP contribution < -0.4 is 5.48 Å². The second-order valence-electron chi connectivity index (χ2n) is 2.42. The Hall–Kier alpha value is -0.160. The molecule has 0 saturated carbocycles. The summed E-state index contributed by atoms with van der Waals surface area (Å²) in [4.78, 5) is 4.79. The van der Waals surface area contributed by atoms with Crippen molar-refractivity contribution in [2.75, 3.05) is 13.2 Å². The number of hydrogen-bond acceptors (Lipinski definition) is 4. The normalized spacial score (nSPS) is 14.1. The lowest BCUT2D eigenvalue weighted by molar-refractivity contribution is -0.0456. The summed E-state index contributed by atoms with van der Waals surface area (Å²) < 4.78 is 0. The van der Waals surface area contributed by atoms with Gasteiger partial charge in [0.2, 0.25) is 0 Å². The van der Waals surface area contributed by atoms with Crippen molar-refractivity contribution < 1.29 is 15.1 Å². The Bertz CT molecular complexity index is 77.4. The summed E-state index contributed by atoms with van der Waals surface area (Å²) in [7, 11) is 0. The van der Waals surface area contributed by atoms with Gasteiger partial charge >= 0.3 is 0 Å². The van der Waals surface area contributed by atoms with E-state index in [2.05, 4.69) is 5.48 Å². The van der Waals surface area contributed by atoms with Gasteiger partial charge in [-0.1, -0.05) is 0 Å². The van der Waals surface area contributed by atoms with Gasteiger partial charge in [-0.3, -0.25) is 4.84 Å². The van der Waals surface area contributed by atoms with E-state index in [1.165, 1.54) is 0 Å². The van der Waals surface area contributed by atoms with Crippen LogP contribution in [0.15, 0.2) is 0 Å². The minimum atomic E-state index is -0.786. The maximum Gasteiger partial charge on any atom is 0.102 e. The van der Waals surface area contributed by atoms with Crippen molar-refractivity contribution in [1.82, 2.24) is 5.48 Å². The van der Waals surface area contributed by atoms with Crippen LogP contribution in [0.1, 0.15) is 13.8 Å². The van der Waals surface area contributed by atoms with Crippen molar-refractivity contribution in [3.63, 3.8) is 0 Å². The molecule has 3 N–H and O–H groups in total. The molecule has 1 atom stereocenters. The highest BCUT2D eigenvalue weighted by atomic mass is 16.7. The predicted octanol–water partition coefficient (Wildman–Crippen LogP) is -0.731. The molecule has 4 nitrogen and oxygen atoms in total. The zero-order valence-electron chi connectivity index (χ0n) is 6.37. The molecule has 0 aliphatic rings. The fraction of sp³-hybridized carbons (Fsp3) is 1.00. The minimum Gasteiger partial charge on any atom is -0.394 e. The van der Waals surface area contributed by atoms with Crippen molar-refractivity contribution in [1.29, 1.82) is 0 Å². The van der Waals surface area contributed by atoms with E-state index in [0.29, 0.717) is 0 Å². The highest BCUT2D eigenvalue weighted by Gasteiger charge is 2.01. The fourth-order valence-electron chi connectivity index (χ4n) is 0.364. The molecule has 0 radical (unpaired) electrons. The molecule has 10 heavy (non-hydrogen) atoms. The lowest BCUT2D eigenvalue weighted by Crippen LogP contribution is -2.29. The summed E-state index contributed by atoms with van der Waals surface area (Å²) in [6.45, 7) is 3.70. The van der Waals surface area contributed by atoms with Crippen LogP contribution in [0.3, 0.4) is 0 Å². The average Bonchev–Trinajstić information content (AvgIpc) is 1.87. The molecule has 0 fully saturated rings. The van der Waals surface area contributed by atoms with E-state index in [1.807, 2.05) is 13.8 Å². The van der Waals surface area contributed by atoms with E-state index in [4.69, 9.17) is 15.1 Å². The average molecular weight is 149 g/mol. The van der Waals surface area contributed by atoms with Gasteiger partial charge < -0.3 is 10.2 Å². The second kappa shape index (κ2) is 5.61. The third-order valence-electron chi connectivity index (χ3n) is 0.806. The van der Waals surface area contributed by atoms with E-state index >= 15 is 0 Å². The molecule has 62 valence electrons. The molecule has 0 spiro atoms. The van der Waals surface area contributed by atoms with Crippen LogP contribution in [0.5, 0.6) is 0 Å². The molecule has 0 aromatic heterocycles. The van der Waals surface area contributed by atoms with Gasteiger partial charge in [0.25, 0.3) is 0 Å². The van der Waals surface area contributed by atoms with Gasteiger partial charge in [-0.15, -0.1) is 0 Å². The second-order valence-corrected chi connectivity index (χ2v) is 2.42. The van der Waals surface area contributed by atoms with Crippen LogP contribution in [0.25, 0.3) is 0 Å². The first-order chi connectivity index (χ1) is 4.66. The molecule has 0 aliphatic heterocycles. The lowest BCUT2D eigenvalue weighted by Gasteiger charge is -2.10. The van der Waals surface area contributed by atoms with E-state index in [1.54, 1.807) is 0 Å². The first kappa shape index (κ1) is 9.84. The van der Waals surface area contributed by atoms with Gasteiger partial charge in [-0.25, -0.2) is 0 Å². The van der Waals surface area contributed by atoms with E-state index < -0.39 is 6.10 Å². The Balaban J connectivity index is 3.03. The molecular formula is C6H15NO3. The third kappa shape index (κ3) is 5.97. The van der Waals surface area contributed by atoms with Crippen molar-refractivity contribution in [3.05, 3.63) is 0 Å². The molecule has 0 bridgehead atoms. The Morgan fingerprint density at radius 2 is 2.10 bits per heavy atom. The first-order valence-electron chi connectivity index (χ1n) is 3.33. The standard InChI is InChI=1S/C6H15NO3/c1-5(2)7-10-4-6(9)3-8/h5-9H,3-4H2,1-2H3/t6-/m0/s1. The van der Waals surface area contributed by atoms with Gasteiger partial charge in [-0.2, -0.15) is 5.48 Å². The van der Waals surface area contributed by atoms with Crippen molar-refractivity contribution in [3.8, 4) is 0 Å². The molecule has 0 aromatic rings. The quantitative estimate of drug-likeness (QED) is 0.451. The number of nitrogens with one attached hydrogen (secondary N) is 1. The number of hydroxylamine groups is 1. The molecule has 0 amide bonds. The highest BCUT2D eigenvalue weighted by Crippen LogP contribution is 1.82. The van der Waals surface area contributed by atoms with Gasteiger partial charge in [0.05, 0.1) is 13.2 Å². The topological polar surface area (TPSA) is 61.7 Å². The Kier molecular flexibility index (Phi) is 5.52. The SMILES string of the molecule is CC(C)NOC[C@@H](O)CO.